The summed E-state index contributed by atoms with van der Waals surface area (Å²) >= 11 is 0. The molecule has 0 atom stereocenters. The summed E-state index contributed by atoms with van der Waals surface area (Å²) in [6.07, 6.45) is 2.92. The number of aromatic nitrogens is 1. The first kappa shape index (κ1) is 16.2. The second-order valence-corrected chi connectivity index (χ2v) is 4.99. The maximum atomic E-state index is 12.0. The van der Waals surface area contributed by atoms with Crippen LogP contribution >= 0.6 is 0 Å². The summed E-state index contributed by atoms with van der Waals surface area (Å²) in [6.45, 7) is -0.191. The third kappa shape index (κ3) is 4.02. The van der Waals surface area contributed by atoms with Crippen molar-refractivity contribution in [3.8, 4) is 11.5 Å². The molecule has 3 rings (SSSR count). The molecule has 9 nitrogen and oxygen atoms in total. The average Bonchev–Trinajstić information content (AvgIpc) is 3.12. The lowest BCUT2D eigenvalue weighted by atomic mass is 10.2. The summed E-state index contributed by atoms with van der Waals surface area (Å²) in [7, 11) is 0. The Morgan fingerprint density at radius 2 is 1.68 bits per heavy atom. The Morgan fingerprint density at radius 3 is 2.48 bits per heavy atom. The molecule has 2 aromatic rings. The lowest BCUT2D eigenvalue weighted by Gasteiger charge is -2.08. The fourth-order valence-electron chi connectivity index (χ4n) is 2.05. The van der Waals surface area contributed by atoms with Gasteiger partial charge in [-0.05, 0) is 30.3 Å². The number of ether oxygens (including phenoxy) is 2. The number of amides is 3. The molecule has 0 saturated heterocycles. The fourth-order valence-corrected chi connectivity index (χ4v) is 2.05. The summed E-state index contributed by atoms with van der Waals surface area (Å²) in [5.41, 5.74) is 5.13. The van der Waals surface area contributed by atoms with E-state index in [-0.39, 0.29) is 13.3 Å². The highest BCUT2D eigenvalue weighted by Crippen LogP contribution is 2.32. The van der Waals surface area contributed by atoms with Crippen LogP contribution in [0.3, 0.4) is 0 Å². The number of nitrogens with one attached hydrogen (secondary N) is 3. The van der Waals surface area contributed by atoms with Crippen LogP contribution in [-0.2, 0) is 4.79 Å². The summed E-state index contributed by atoms with van der Waals surface area (Å²) in [4.78, 5) is 39.3. The number of pyridine rings is 1. The Bertz CT molecular complexity index is 809. The van der Waals surface area contributed by atoms with Crippen LogP contribution in [0, 0.1) is 0 Å². The van der Waals surface area contributed by atoms with E-state index in [1.54, 1.807) is 12.1 Å². The quantitative estimate of drug-likeness (QED) is 0.673. The molecule has 1 aliphatic heterocycles. The number of hydrazine groups is 1. The second kappa shape index (κ2) is 7.30. The normalized spacial score (nSPS) is 11.5. The Labute approximate surface area is 142 Å². The highest BCUT2D eigenvalue weighted by molar-refractivity contribution is 5.98. The van der Waals surface area contributed by atoms with Gasteiger partial charge in [0, 0.05) is 23.5 Å². The van der Waals surface area contributed by atoms with Gasteiger partial charge in [-0.25, -0.2) is 0 Å². The first-order chi connectivity index (χ1) is 12.1. The number of carbonyl (C=O) groups is 3. The van der Waals surface area contributed by atoms with Crippen LogP contribution in [0.4, 0.5) is 0 Å². The molecule has 1 aliphatic rings. The molecule has 0 spiro atoms. The highest BCUT2D eigenvalue weighted by Gasteiger charge is 2.16. The van der Waals surface area contributed by atoms with Crippen LogP contribution in [-0.4, -0.2) is 36.0 Å². The zero-order chi connectivity index (χ0) is 17.6. The molecule has 9 heteroatoms. The topological polar surface area (TPSA) is 119 Å². The Hall–Kier alpha value is -3.62. The van der Waals surface area contributed by atoms with Gasteiger partial charge < -0.3 is 14.8 Å². The van der Waals surface area contributed by atoms with Crippen molar-refractivity contribution in [2.75, 3.05) is 13.3 Å². The average molecular weight is 342 g/mol. The first-order valence-corrected chi connectivity index (χ1v) is 7.30. The standard InChI is InChI=1S/C16H14N4O5/c21-14(19-20-16(23)10-3-5-17-6-4-10)8-18-15(22)11-1-2-12-13(7-11)25-9-24-12/h1-7H,8-9H2,(H,18,22)(H,19,21)(H,20,23). The van der Waals surface area contributed by atoms with Gasteiger partial charge in [-0.1, -0.05) is 0 Å². The maximum Gasteiger partial charge on any atom is 0.269 e. The smallest absolute Gasteiger partial charge is 0.269 e. The fraction of sp³-hybridized carbons (Fsp3) is 0.125. The lowest BCUT2D eigenvalue weighted by Crippen LogP contribution is -2.46. The van der Waals surface area contributed by atoms with Crippen molar-refractivity contribution in [1.82, 2.24) is 21.2 Å². The van der Waals surface area contributed by atoms with Crippen LogP contribution in [0.25, 0.3) is 0 Å². The van der Waals surface area contributed by atoms with Gasteiger partial charge in [0.15, 0.2) is 11.5 Å². The lowest BCUT2D eigenvalue weighted by molar-refractivity contribution is -0.120. The van der Waals surface area contributed by atoms with Gasteiger partial charge in [0.25, 0.3) is 17.7 Å². The monoisotopic (exact) mass is 342 g/mol. The number of hydrogen-bond donors (Lipinski definition) is 3. The number of benzene rings is 1. The van der Waals surface area contributed by atoms with Crippen molar-refractivity contribution >= 4 is 17.7 Å². The zero-order valence-electron chi connectivity index (χ0n) is 12.9. The molecule has 3 amide bonds. The van der Waals surface area contributed by atoms with Crippen LogP contribution in [0.5, 0.6) is 11.5 Å². The SMILES string of the molecule is O=C(CNC(=O)c1ccc2c(c1)OCO2)NNC(=O)c1ccncc1. The third-order valence-corrected chi connectivity index (χ3v) is 3.30. The molecule has 0 aliphatic carbocycles. The van der Waals surface area contributed by atoms with Gasteiger partial charge in [-0.3, -0.25) is 30.2 Å². The Balaban J connectivity index is 1.46. The Kier molecular flexibility index (Phi) is 4.74. The van der Waals surface area contributed by atoms with Crippen molar-refractivity contribution < 1.29 is 23.9 Å². The predicted octanol–water partition coefficient (Wildman–Crippen LogP) is 0.00130. The van der Waals surface area contributed by atoms with Gasteiger partial charge in [0.05, 0.1) is 6.54 Å². The molecule has 0 saturated carbocycles. The largest absolute Gasteiger partial charge is 0.454 e. The molecular formula is C16H14N4O5. The van der Waals surface area contributed by atoms with Crippen LogP contribution in [0.2, 0.25) is 0 Å². The molecule has 25 heavy (non-hydrogen) atoms. The summed E-state index contributed by atoms with van der Waals surface area (Å²) < 4.78 is 10.3. The maximum absolute atomic E-state index is 12.0. The van der Waals surface area contributed by atoms with Gasteiger partial charge >= 0.3 is 0 Å². The predicted molar refractivity (Wildman–Crippen MR) is 84.7 cm³/mol. The van der Waals surface area contributed by atoms with E-state index in [0.29, 0.717) is 22.6 Å². The van der Waals surface area contributed by atoms with E-state index in [2.05, 4.69) is 21.2 Å². The molecule has 0 radical (unpaired) electrons. The summed E-state index contributed by atoms with van der Waals surface area (Å²) in [5, 5.41) is 2.44. The molecular weight excluding hydrogens is 328 g/mol. The molecule has 0 fully saturated rings. The second-order valence-electron chi connectivity index (χ2n) is 4.99. The number of fused-ring (bicyclic) bond motifs is 1. The van der Waals surface area contributed by atoms with E-state index >= 15 is 0 Å². The van der Waals surface area contributed by atoms with Gasteiger partial charge in [-0.2, -0.15) is 0 Å². The van der Waals surface area contributed by atoms with E-state index in [1.165, 1.54) is 30.6 Å². The van der Waals surface area contributed by atoms with Gasteiger partial charge in [-0.15, -0.1) is 0 Å². The van der Waals surface area contributed by atoms with Gasteiger partial charge in [0.1, 0.15) is 0 Å². The number of hydrogen-bond acceptors (Lipinski definition) is 6. The summed E-state index contributed by atoms with van der Waals surface area (Å²) in [6, 6.07) is 7.71. The zero-order valence-corrected chi connectivity index (χ0v) is 12.9. The van der Waals surface area contributed by atoms with Crippen molar-refractivity contribution in [2.24, 2.45) is 0 Å². The van der Waals surface area contributed by atoms with Crippen molar-refractivity contribution in [2.45, 2.75) is 0 Å². The first-order valence-electron chi connectivity index (χ1n) is 7.30. The van der Waals surface area contributed by atoms with Crippen molar-refractivity contribution in [3.05, 3.63) is 53.9 Å². The molecule has 2 heterocycles. The molecule has 0 bridgehead atoms. The van der Waals surface area contributed by atoms with Crippen molar-refractivity contribution in [1.29, 1.82) is 0 Å². The third-order valence-electron chi connectivity index (χ3n) is 3.30. The van der Waals surface area contributed by atoms with E-state index in [1.807, 2.05) is 0 Å². The molecule has 3 N–H and O–H groups in total. The molecule has 1 aromatic carbocycles. The Morgan fingerprint density at radius 1 is 0.920 bits per heavy atom. The molecule has 1 aromatic heterocycles. The van der Waals surface area contributed by atoms with E-state index in [9.17, 15) is 14.4 Å². The van der Waals surface area contributed by atoms with E-state index in [4.69, 9.17) is 9.47 Å². The minimum atomic E-state index is -0.573. The number of carbonyl (C=O) groups excluding carboxylic acids is 3. The van der Waals surface area contributed by atoms with E-state index < -0.39 is 17.7 Å². The minimum Gasteiger partial charge on any atom is -0.454 e. The van der Waals surface area contributed by atoms with Crippen LogP contribution in [0.15, 0.2) is 42.7 Å². The minimum absolute atomic E-state index is 0.111. The van der Waals surface area contributed by atoms with Crippen molar-refractivity contribution in [3.63, 3.8) is 0 Å². The molecule has 0 unspecified atom stereocenters. The molecule has 128 valence electrons. The van der Waals surface area contributed by atoms with Crippen LogP contribution < -0.4 is 25.6 Å². The number of nitrogens with zero attached hydrogens (tertiary/aromatic N) is 1. The van der Waals surface area contributed by atoms with E-state index in [0.717, 1.165) is 0 Å². The highest BCUT2D eigenvalue weighted by atomic mass is 16.7. The van der Waals surface area contributed by atoms with Gasteiger partial charge in [0.2, 0.25) is 6.79 Å². The van der Waals surface area contributed by atoms with Crippen LogP contribution in [0.1, 0.15) is 20.7 Å². The summed E-state index contributed by atoms with van der Waals surface area (Å²) in [5.74, 6) is -0.474. The number of rotatable bonds is 4.